The maximum atomic E-state index is 10.9. The second-order valence-corrected chi connectivity index (χ2v) is 5.70. The molecule has 1 aliphatic rings. The highest BCUT2D eigenvalue weighted by Crippen LogP contribution is 2.31. The molecule has 0 aliphatic carbocycles. The summed E-state index contributed by atoms with van der Waals surface area (Å²) < 4.78 is 0. The number of benzene rings is 1. The largest absolute Gasteiger partial charge is 0.383 e. The van der Waals surface area contributed by atoms with Crippen LogP contribution in [0, 0.1) is 10.1 Å². The SMILES string of the molecule is CNc1cc(CN2CCCC2(C)C)ccc1[N+](=O)[O-]. The quantitative estimate of drug-likeness (QED) is 0.670. The highest BCUT2D eigenvalue weighted by Gasteiger charge is 2.31. The lowest BCUT2D eigenvalue weighted by molar-refractivity contribution is -0.384. The summed E-state index contributed by atoms with van der Waals surface area (Å²) in [5.74, 6) is 0. The summed E-state index contributed by atoms with van der Waals surface area (Å²) in [6.45, 7) is 6.45. The van der Waals surface area contributed by atoms with Crippen molar-refractivity contribution in [1.29, 1.82) is 0 Å². The molecule has 1 saturated heterocycles. The van der Waals surface area contributed by atoms with Gasteiger partial charge in [0.2, 0.25) is 0 Å². The van der Waals surface area contributed by atoms with Crippen molar-refractivity contribution in [2.24, 2.45) is 0 Å². The minimum absolute atomic E-state index is 0.131. The van der Waals surface area contributed by atoms with Gasteiger partial charge in [0.05, 0.1) is 4.92 Å². The van der Waals surface area contributed by atoms with E-state index in [-0.39, 0.29) is 16.1 Å². The highest BCUT2D eigenvalue weighted by molar-refractivity contribution is 5.62. The van der Waals surface area contributed by atoms with Gasteiger partial charge >= 0.3 is 0 Å². The third-order valence-corrected chi connectivity index (χ3v) is 3.97. The molecule has 0 aromatic heterocycles. The monoisotopic (exact) mass is 263 g/mol. The lowest BCUT2D eigenvalue weighted by Crippen LogP contribution is -2.37. The van der Waals surface area contributed by atoms with Crippen molar-refractivity contribution in [2.45, 2.75) is 38.8 Å². The van der Waals surface area contributed by atoms with E-state index < -0.39 is 0 Å². The van der Waals surface area contributed by atoms with Crippen molar-refractivity contribution in [3.63, 3.8) is 0 Å². The van der Waals surface area contributed by atoms with E-state index in [1.54, 1.807) is 13.1 Å². The Morgan fingerprint density at radius 1 is 1.47 bits per heavy atom. The molecular formula is C14H21N3O2. The highest BCUT2D eigenvalue weighted by atomic mass is 16.6. The zero-order chi connectivity index (χ0) is 14.0. The number of hydrogen-bond acceptors (Lipinski definition) is 4. The number of nitrogens with one attached hydrogen (secondary N) is 1. The van der Waals surface area contributed by atoms with Gasteiger partial charge < -0.3 is 5.32 Å². The van der Waals surface area contributed by atoms with Crippen LogP contribution in [0.4, 0.5) is 11.4 Å². The zero-order valence-corrected chi connectivity index (χ0v) is 11.8. The molecule has 19 heavy (non-hydrogen) atoms. The Hall–Kier alpha value is -1.62. The normalized spacial score (nSPS) is 18.5. The van der Waals surface area contributed by atoms with E-state index >= 15 is 0 Å². The van der Waals surface area contributed by atoms with Gasteiger partial charge in [-0.1, -0.05) is 6.07 Å². The third-order valence-electron chi connectivity index (χ3n) is 3.97. The molecule has 0 spiro atoms. The molecule has 1 heterocycles. The van der Waals surface area contributed by atoms with Crippen LogP contribution < -0.4 is 5.32 Å². The van der Waals surface area contributed by atoms with Crippen molar-refractivity contribution in [1.82, 2.24) is 4.90 Å². The molecule has 1 N–H and O–H groups in total. The van der Waals surface area contributed by atoms with E-state index in [1.807, 2.05) is 12.1 Å². The minimum Gasteiger partial charge on any atom is -0.383 e. The lowest BCUT2D eigenvalue weighted by atomic mass is 10.0. The van der Waals surface area contributed by atoms with Crippen molar-refractivity contribution in [3.8, 4) is 0 Å². The fourth-order valence-corrected chi connectivity index (χ4v) is 2.72. The molecule has 1 aliphatic heterocycles. The number of nitro groups is 1. The average molecular weight is 263 g/mol. The van der Waals surface area contributed by atoms with E-state index in [9.17, 15) is 10.1 Å². The van der Waals surface area contributed by atoms with Crippen molar-refractivity contribution < 1.29 is 4.92 Å². The van der Waals surface area contributed by atoms with Crippen molar-refractivity contribution in [3.05, 3.63) is 33.9 Å². The first-order valence-electron chi connectivity index (χ1n) is 6.64. The molecule has 0 atom stereocenters. The summed E-state index contributed by atoms with van der Waals surface area (Å²) in [5.41, 5.74) is 2.05. The Morgan fingerprint density at radius 2 is 2.21 bits per heavy atom. The van der Waals surface area contributed by atoms with Gasteiger partial charge in [0.1, 0.15) is 5.69 Å². The van der Waals surface area contributed by atoms with Crippen LogP contribution in [-0.4, -0.2) is 29.0 Å². The smallest absolute Gasteiger partial charge is 0.292 e. The summed E-state index contributed by atoms with van der Waals surface area (Å²) in [7, 11) is 1.71. The lowest BCUT2D eigenvalue weighted by Gasteiger charge is -2.31. The fraction of sp³-hybridized carbons (Fsp3) is 0.571. The van der Waals surface area contributed by atoms with E-state index in [2.05, 4.69) is 24.1 Å². The van der Waals surface area contributed by atoms with E-state index in [1.165, 1.54) is 12.8 Å². The molecule has 0 radical (unpaired) electrons. The molecule has 0 amide bonds. The number of nitro benzene ring substituents is 1. The van der Waals surface area contributed by atoms with Crippen molar-refractivity contribution >= 4 is 11.4 Å². The van der Waals surface area contributed by atoms with Crippen LogP contribution in [0.3, 0.4) is 0 Å². The summed E-state index contributed by atoms with van der Waals surface area (Å²) in [6, 6.07) is 5.32. The molecule has 1 fully saturated rings. The molecule has 104 valence electrons. The Morgan fingerprint density at radius 3 is 2.74 bits per heavy atom. The number of rotatable bonds is 4. The standard InChI is InChI=1S/C14H21N3O2/c1-14(2)7-4-8-16(14)10-11-5-6-13(17(18)19)12(9-11)15-3/h5-6,9,15H,4,7-8,10H2,1-3H3. The number of hydrogen-bond donors (Lipinski definition) is 1. The van der Waals surface area contributed by atoms with Crippen LogP contribution in [0.1, 0.15) is 32.3 Å². The molecule has 1 aromatic carbocycles. The van der Waals surface area contributed by atoms with Crippen LogP contribution >= 0.6 is 0 Å². The van der Waals surface area contributed by atoms with Crippen LogP contribution in [0.5, 0.6) is 0 Å². The van der Waals surface area contributed by atoms with Gasteiger partial charge in [-0.25, -0.2) is 0 Å². The average Bonchev–Trinajstić information content (AvgIpc) is 2.68. The van der Waals surface area contributed by atoms with Gasteiger partial charge in [0, 0.05) is 25.2 Å². The van der Waals surface area contributed by atoms with Crippen LogP contribution in [0.25, 0.3) is 0 Å². The van der Waals surface area contributed by atoms with Crippen LogP contribution in [0.15, 0.2) is 18.2 Å². The Bertz CT molecular complexity index is 486. The first-order valence-corrected chi connectivity index (χ1v) is 6.64. The molecule has 0 bridgehead atoms. The Balaban J connectivity index is 2.20. The van der Waals surface area contributed by atoms with E-state index in [0.717, 1.165) is 18.7 Å². The first-order chi connectivity index (χ1) is 8.94. The fourth-order valence-electron chi connectivity index (χ4n) is 2.72. The van der Waals surface area contributed by atoms with Gasteiger partial charge in [-0.15, -0.1) is 0 Å². The molecule has 1 aromatic rings. The first kappa shape index (κ1) is 13.8. The van der Waals surface area contributed by atoms with Gasteiger partial charge in [-0.2, -0.15) is 0 Å². The van der Waals surface area contributed by atoms with E-state index in [4.69, 9.17) is 0 Å². The topological polar surface area (TPSA) is 58.4 Å². The zero-order valence-electron chi connectivity index (χ0n) is 11.8. The molecule has 5 nitrogen and oxygen atoms in total. The molecular weight excluding hydrogens is 242 g/mol. The maximum absolute atomic E-state index is 10.9. The maximum Gasteiger partial charge on any atom is 0.292 e. The number of likely N-dealkylation sites (tertiary alicyclic amines) is 1. The van der Waals surface area contributed by atoms with Crippen LogP contribution in [-0.2, 0) is 6.54 Å². The third kappa shape index (κ3) is 2.87. The molecule has 0 saturated carbocycles. The summed E-state index contributed by atoms with van der Waals surface area (Å²) >= 11 is 0. The summed E-state index contributed by atoms with van der Waals surface area (Å²) in [5, 5.41) is 13.8. The van der Waals surface area contributed by atoms with Gasteiger partial charge in [-0.3, -0.25) is 15.0 Å². The van der Waals surface area contributed by atoms with Gasteiger partial charge in [0.15, 0.2) is 0 Å². The minimum atomic E-state index is -0.352. The van der Waals surface area contributed by atoms with Crippen LogP contribution in [0.2, 0.25) is 0 Å². The number of anilines is 1. The Kier molecular flexibility index (Phi) is 3.75. The predicted octanol–water partition coefficient (Wildman–Crippen LogP) is 3.01. The van der Waals surface area contributed by atoms with E-state index in [0.29, 0.717) is 5.69 Å². The predicted molar refractivity (Wildman–Crippen MR) is 76.4 cm³/mol. The Labute approximate surface area is 113 Å². The van der Waals surface area contributed by atoms with Crippen molar-refractivity contribution in [2.75, 3.05) is 18.9 Å². The van der Waals surface area contributed by atoms with Gasteiger partial charge in [-0.05, 0) is 44.9 Å². The van der Waals surface area contributed by atoms with Gasteiger partial charge in [0.25, 0.3) is 5.69 Å². The number of nitrogens with zero attached hydrogens (tertiary/aromatic N) is 2. The second kappa shape index (κ2) is 5.17. The summed E-state index contributed by atoms with van der Waals surface area (Å²) in [6.07, 6.45) is 2.43. The molecule has 2 rings (SSSR count). The summed E-state index contributed by atoms with van der Waals surface area (Å²) in [4.78, 5) is 13.0. The molecule has 5 heteroatoms. The second-order valence-electron chi connectivity index (χ2n) is 5.70. The molecule has 0 unspecified atom stereocenters.